The molecule has 1 fully saturated rings. The van der Waals surface area contributed by atoms with Crippen molar-refractivity contribution in [3.8, 4) is 11.1 Å². The third-order valence-corrected chi connectivity index (χ3v) is 8.20. The smallest absolute Gasteiger partial charge is 0.280 e. The predicted octanol–water partition coefficient (Wildman–Crippen LogP) is 4.56. The summed E-state index contributed by atoms with van der Waals surface area (Å²) in [5, 5.41) is 3.80. The van der Waals surface area contributed by atoms with Gasteiger partial charge in [0.1, 0.15) is 17.7 Å². The van der Waals surface area contributed by atoms with Crippen molar-refractivity contribution in [2.24, 2.45) is 4.99 Å². The number of aliphatic imine (C=N–C) groups is 1. The van der Waals surface area contributed by atoms with Crippen molar-refractivity contribution in [3.63, 3.8) is 0 Å². The van der Waals surface area contributed by atoms with Crippen LogP contribution < -0.4 is 5.32 Å². The van der Waals surface area contributed by atoms with Gasteiger partial charge in [-0.05, 0) is 41.5 Å². The third-order valence-electron chi connectivity index (χ3n) is 8.20. The molecule has 0 radical (unpaired) electrons. The Labute approximate surface area is 217 Å². The zero-order chi connectivity index (χ0) is 24.9. The lowest BCUT2D eigenvalue weighted by molar-refractivity contribution is -0.125. The molecule has 1 saturated carbocycles. The maximum atomic E-state index is 13.7. The summed E-state index contributed by atoms with van der Waals surface area (Å²) in [6, 6.07) is 30.3. The number of carbonyl (C=O) groups is 1. The zero-order valence-corrected chi connectivity index (χ0v) is 21.0. The van der Waals surface area contributed by atoms with Crippen LogP contribution in [0.1, 0.15) is 30.4 Å². The summed E-state index contributed by atoms with van der Waals surface area (Å²) < 4.78 is 0. The molecule has 3 aromatic carbocycles. The molecular weight excluding hydrogens is 458 g/mol. The van der Waals surface area contributed by atoms with E-state index in [9.17, 15) is 4.79 Å². The summed E-state index contributed by atoms with van der Waals surface area (Å²) in [4.78, 5) is 25.1. The summed E-state index contributed by atoms with van der Waals surface area (Å²) in [5.41, 5.74) is 5.63. The van der Waals surface area contributed by atoms with Crippen LogP contribution in [0.2, 0.25) is 0 Å². The van der Waals surface area contributed by atoms with Crippen LogP contribution in [-0.4, -0.2) is 51.9 Å². The maximum absolute atomic E-state index is 13.7. The van der Waals surface area contributed by atoms with E-state index in [1.165, 1.54) is 28.7 Å². The first-order chi connectivity index (χ1) is 18.2. The van der Waals surface area contributed by atoms with E-state index >= 15 is 0 Å². The summed E-state index contributed by atoms with van der Waals surface area (Å²) >= 11 is 0. The fourth-order valence-corrected chi connectivity index (χ4v) is 6.32. The normalized spacial score (nSPS) is 24.1. The zero-order valence-electron chi connectivity index (χ0n) is 21.0. The molecule has 6 heteroatoms. The second kappa shape index (κ2) is 8.80. The molecule has 3 aromatic rings. The standard InChI is InChI=1S/C31H31N5O/c1-34-30(37)28-29(36-26-14-8-13-25(26)32-31(34)36)33-27(35(28)20-22-9-4-2-5-10-22)19-21-15-17-24(18-16-21)23-11-6-3-7-12-23/h2-7,9-12,15-18,25-27,33H,8,13-14,19-20H2,1H3/t25-,26+,27?/m1/s1. The van der Waals surface area contributed by atoms with Gasteiger partial charge in [0.2, 0.25) is 5.96 Å². The van der Waals surface area contributed by atoms with E-state index in [2.05, 4.69) is 87.9 Å². The molecule has 186 valence electrons. The van der Waals surface area contributed by atoms with Crippen molar-refractivity contribution in [3.05, 3.63) is 108 Å². The average molecular weight is 490 g/mol. The van der Waals surface area contributed by atoms with Crippen molar-refractivity contribution in [1.82, 2.24) is 20.0 Å². The molecular formula is C31H31N5O. The van der Waals surface area contributed by atoms with Crippen molar-refractivity contribution >= 4 is 11.9 Å². The van der Waals surface area contributed by atoms with Crippen molar-refractivity contribution in [2.45, 2.75) is 50.5 Å². The van der Waals surface area contributed by atoms with E-state index in [0.29, 0.717) is 12.6 Å². The van der Waals surface area contributed by atoms with Gasteiger partial charge in [-0.25, -0.2) is 4.99 Å². The van der Waals surface area contributed by atoms with Crippen LogP contribution in [0.25, 0.3) is 11.1 Å². The minimum Gasteiger partial charge on any atom is -0.349 e. The van der Waals surface area contributed by atoms with Crippen molar-refractivity contribution in [1.29, 1.82) is 0 Å². The summed E-state index contributed by atoms with van der Waals surface area (Å²) in [6.45, 7) is 0.674. The fourth-order valence-electron chi connectivity index (χ4n) is 6.32. The van der Waals surface area contributed by atoms with Crippen LogP contribution in [-0.2, 0) is 17.8 Å². The Kier molecular flexibility index (Phi) is 5.27. The predicted molar refractivity (Wildman–Crippen MR) is 145 cm³/mol. The Hall–Kier alpha value is -4.06. The minimum absolute atomic E-state index is 0.0232. The topological polar surface area (TPSA) is 51.2 Å². The number of nitrogens with one attached hydrogen (secondary N) is 1. The van der Waals surface area contributed by atoms with Gasteiger partial charge in [0.25, 0.3) is 5.91 Å². The molecule has 0 aromatic heterocycles. The first kappa shape index (κ1) is 22.2. The molecule has 1 amide bonds. The number of hydrogen-bond donors (Lipinski definition) is 1. The van der Waals surface area contributed by atoms with Gasteiger partial charge < -0.3 is 10.2 Å². The van der Waals surface area contributed by atoms with E-state index in [0.717, 1.165) is 36.7 Å². The quantitative estimate of drug-likeness (QED) is 0.571. The highest BCUT2D eigenvalue weighted by Gasteiger charge is 2.52. The second-order valence-corrected chi connectivity index (χ2v) is 10.5. The molecule has 0 bridgehead atoms. The minimum atomic E-state index is -0.0232. The maximum Gasteiger partial charge on any atom is 0.280 e. The number of carbonyl (C=O) groups excluding carboxylic acids is 1. The summed E-state index contributed by atoms with van der Waals surface area (Å²) in [6.07, 6.45) is 4.17. The van der Waals surface area contributed by atoms with E-state index in [-0.39, 0.29) is 18.1 Å². The number of likely N-dealkylation sites (N-methyl/N-ethyl adjacent to an activating group) is 1. The van der Waals surface area contributed by atoms with Crippen molar-refractivity contribution in [2.75, 3.05) is 7.05 Å². The van der Waals surface area contributed by atoms with Crippen LogP contribution in [0.3, 0.4) is 0 Å². The van der Waals surface area contributed by atoms with Gasteiger partial charge in [-0.2, -0.15) is 0 Å². The van der Waals surface area contributed by atoms with E-state index in [1.54, 1.807) is 4.90 Å². The Balaban J connectivity index is 1.22. The third kappa shape index (κ3) is 3.70. The van der Waals surface area contributed by atoms with E-state index < -0.39 is 0 Å². The van der Waals surface area contributed by atoms with Crippen LogP contribution in [0.15, 0.2) is 101 Å². The molecule has 4 aliphatic rings. The number of rotatable bonds is 5. The average Bonchev–Trinajstić information content (AvgIpc) is 3.63. The number of guanidine groups is 1. The summed E-state index contributed by atoms with van der Waals surface area (Å²) in [5.74, 6) is 1.77. The lowest BCUT2D eigenvalue weighted by Gasteiger charge is -2.36. The van der Waals surface area contributed by atoms with Gasteiger partial charge in [-0.15, -0.1) is 0 Å². The van der Waals surface area contributed by atoms with Gasteiger partial charge in [-0.1, -0.05) is 84.9 Å². The Morgan fingerprint density at radius 1 is 0.865 bits per heavy atom. The van der Waals surface area contributed by atoms with Gasteiger partial charge in [-0.3, -0.25) is 14.6 Å². The molecule has 0 spiro atoms. The first-order valence-electron chi connectivity index (χ1n) is 13.3. The van der Waals surface area contributed by atoms with Gasteiger partial charge in [0, 0.05) is 20.0 Å². The monoisotopic (exact) mass is 489 g/mol. The largest absolute Gasteiger partial charge is 0.349 e. The molecule has 3 atom stereocenters. The number of benzene rings is 3. The van der Waals surface area contributed by atoms with Crippen LogP contribution in [0.5, 0.6) is 0 Å². The first-order valence-corrected chi connectivity index (χ1v) is 13.3. The van der Waals surface area contributed by atoms with Crippen LogP contribution in [0.4, 0.5) is 0 Å². The molecule has 6 nitrogen and oxygen atoms in total. The van der Waals surface area contributed by atoms with Gasteiger partial charge in [0.15, 0.2) is 0 Å². The molecule has 1 N–H and O–H groups in total. The number of fused-ring (bicyclic) bond motifs is 4. The van der Waals surface area contributed by atoms with Gasteiger partial charge >= 0.3 is 0 Å². The molecule has 1 aliphatic carbocycles. The van der Waals surface area contributed by atoms with Gasteiger partial charge in [0.05, 0.1) is 12.1 Å². The molecule has 7 rings (SSSR count). The van der Waals surface area contributed by atoms with Crippen LogP contribution in [0, 0.1) is 0 Å². The molecule has 1 unspecified atom stereocenters. The molecule has 3 heterocycles. The number of nitrogens with zero attached hydrogens (tertiary/aromatic N) is 4. The Morgan fingerprint density at radius 3 is 2.32 bits per heavy atom. The summed E-state index contributed by atoms with van der Waals surface area (Å²) in [7, 11) is 1.87. The Bertz CT molecular complexity index is 1380. The SMILES string of the molecule is CN1C(=O)C2=C(NC(Cc3ccc(-c4ccccc4)cc3)N2Cc2ccccc2)N2C1=N[C@@H]1CCC[C@@H]12. The molecule has 37 heavy (non-hydrogen) atoms. The highest BCUT2D eigenvalue weighted by atomic mass is 16.2. The Morgan fingerprint density at radius 2 is 1.57 bits per heavy atom. The molecule has 0 saturated heterocycles. The van der Waals surface area contributed by atoms with Crippen LogP contribution >= 0.6 is 0 Å². The lowest BCUT2D eigenvalue weighted by atomic mass is 10.0. The van der Waals surface area contributed by atoms with E-state index in [1.807, 2.05) is 19.2 Å². The molecule has 3 aliphatic heterocycles. The second-order valence-electron chi connectivity index (χ2n) is 10.5. The highest BCUT2D eigenvalue weighted by molar-refractivity contribution is 6.09. The lowest BCUT2D eigenvalue weighted by Crippen LogP contribution is -2.53. The van der Waals surface area contributed by atoms with Crippen molar-refractivity contribution < 1.29 is 4.79 Å². The number of hydrogen-bond acceptors (Lipinski definition) is 5. The highest BCUT2D eigenvalue weighted by Crippen LogP contribution is 2.41. The fraction of sp³-hybridized carbons (Fsp3) is 0.290. The van der Waals surface area contributed by atoms with E-state index in [4.69, 9.17) is 4.99 Å². The number of amides is 1.